The summed E-state index contributed by atoms with van der Waals surface area (Å²) in [6, 6.07) is 8.90. The van der Waals surface area contributed by atoms with Gasteiger partial charge in [-0.2, -0.15) is 0 Å². The summed E-state index contributed by atoms with van der Waals surface area (Å²) >= 11 is 5.96. The van der Waals surface area contributed by atoms with Gasteiger partial charge >= 0.3 is 0 Å². The van der Waals surface area contributed by atoms with Crippen LogP contribution in [0.25, 0.3) is 0 Å². The fourth-order valence-corrected chi connectivity index (χ4v) is 2.11. The van der Waals surface area contributed by atoms with Gasteiger partial charge in [-0.3, -0.25) is 4.79 Å². The molecule has 6 nitrogen and oxygen atoms in total. The molecule has 0 radical (unpaired) electrons. The quantitative estimate of drug-likeness (QED) is 0.850. The molecule has 2 aromatic rings. The van der Waals surface area contributed by atoms with Crippen LogP contribution in [0.5, 0.6) is 0 Å². The molecule has 1 aromatic heterocycles. The average Bonchev–Trinajstić information content (AvgIpc) is 2.46. The number of halogens is 1. The molecular weight excluding hydrogens is 314 g/mol. The van der Waals surface area contributed by atoms with E-state index in [-0.39, 0.29) is 5.91 Å². The number of carbonyl (C=O) groups is 1. The zero-order valence-corrected chi connectivity index (χ0v) is 14.2. The zero-order chi connectivity index (χ0) is 16.8. The first kappa shape index (κ1) is 17.2. The van der Waals surface area contributed by atoms with E-state index in [0.29, 0.717) is 28.9 Å². The summed E-state index contributed by atoms with van der Waals surface area (Å²) in [5.74, 6) is 0.150. The van der Waals surface area contributed by atoms with Crippen LogP contribution in [0.3, 0.4) is 0 Å². The summed E-state index contributed by atoms with van der Waals surface area (Å²) in [4.78, 5) is 22.7. The van der Waals surface area contributed by atoms with Crippen molar-refractivity contribution < 1.29 is 4.79 Å². The Morgan fingerprint density at radius 2 is 2.04 bits per heavy atom. The SMILES string of the molecule is Cc1cc(C(=O)NCCN(C)C)nc(Nc2cccc(Cl)c2)n1. The molecule has 0 spiro atoms. The predicted octanol–water partition coefficient (Wildman–Crippen LogP) is 2.47. The van der Waals surface area contributed by atoms with Crippen molar-refractivity contribution in [3.63, 3.8) is 0 Å². The third-order valence-corrected chi connectivity index (χ3v) is 3.25. The Balaban J connectivity index is 2.10. The minimum absolute atomic E-state index is 0.216. The number of hydrogen-bond acceptors (Lipinski definition) is 5. The first-order valence-corrected chi connectivity index (χ1v) is 7.63. The maximum atomic E-state index is 12.2. The van der Waals surface area contributed by atoms with Crippen molar-refractivity contribution in [2.24, 2.45) is 0 Å². The van der Waals surface area contributed by atoms with Crippen LogP contribution in [0.1, 0.15) is 16.2 Å². The highest BCUT2D eigenvalue weighted by Crippen LogP contribution is 2.18. The predicted molar refractivity (Wildman–Crippen MR) is 92.4 cm³/mol. The third-order valence-electron chi connectivity index (χ3n) is 3.01. The Hall–Kier alpha value is -2.18. The Labute approximate surface area is 140 Å². The molecule has 2 N–H and O–H groups in total. The van der Waals surface area contributed by atoms with Gasteiger partial charge in [0, 0.05) is 29.5 Å². The fraction of sp³-hybridized carbons (Fsp3) is 0.312. The molecular formula is C16H20ClN5O. The van der Waals surface area contributed by atoms with E-state index < -0.39 is 0 Å². The van der Waals surface area contributed by atoms with Crippen LogP contribution < -0.4 is 10.6 Å². The number of anilines is 2. The van der Waals surface area contributed by atoms with E-state index >= 15 is 0 Å². The molecule has 0 saturated heterocycles. The van der Waals surface area contributed by atoms with E-state index in [9.17, 15) is 4.79 Å². The number of aromatic nitrogens is 2. The first-order chi connectivity index (χ1) is 10.9. The number of benzene rings is 1. The van der Waals surface area contributed by atoms with Crippen LogP contribution in [0.15, 0.2) is 30.3 Å². The lowest BCUT2D eigenvalue weighted by molar-refractivity contribution is 0.0946. The van der Waals surface area contributed by atoms with E-state index in [2.05, 4.69) is 20.6 Å². The molecule has 0 atom stereocenters. The zero-order valence-electron chi connectivity index (χ0n) is 13.4. The van der Waals surface area contributed by atoms with Crippen molar-refractivity contribution in [3.05, 3.63) is 46.7 Å². The topological polar surface area (TPSA) is 70.2 Å². The van der Waals surface area contributed by atoms with Crippen molar-refractivity contribution in [1.82, 2.24) is 20.2 Å². The van der Waals surface area contributed by atoms with Gasteiger partial charge in [0.25, 0.3) is 5.91 Å². The van der Waals surface area contributed by atoms with Crippen molar-refractivity contribution in [3.8, 4) is 0 Å². The Kier molecular flexibility index (Phi) is 5.90. The maximum Gasteiger partial charge on any atom is 0.270 e. The van der Waals surface area contributed by atoms with Gasteiger partial charge < -0.3 is 15.5 Å². The lowest BCUT2D eigenvalue weighted by Crippen LogP contribution is -2.32. The summed E-state index contributed by atoms with van der Waals surface area (Å²) in [5.41, 5.74) is 1.81. The Bertz CT molecular complexity index is 690. The number of aryl methyl sites for hydroxylation is 1. The second kappa shape index (κ2) is 7.89. The van der Waals surface area contributed by atoms with Gasteiger partial charge in [0.05, 0.1) is 0 Å². The molecule has 0 aliphatic heterocycles. The number of carbonyl (C=O) groups excluding carboxylic acids is 1. The Morgan fingerprint density at radius 1 is 1.26 bits per heavy atom. The normalized spacial score (nSPS) is 10.7. The van der Waals surface area contributed by atoms with Gasteiger partial charge in [0.2, 0.25) is 5.95 Å². The standard InChI is InChI=1S/C16H20ClN5O/c1-11-9-14(15(23)18-7-8-22(2)3)21-16(19-11)20-13-6-4-5-12(17)10-13/h4-6,9-10H,7-8H2,1-3H3,(H,18,23)(H,19,20,21). The van der Waals surface area contributed by atoms with Crippen molar-refractivity contribution in [2.45, 2.75) is 6.92 Å². The minimum Gasteiger partial charge on any atom is -0.349 e. The molecule has 7 heteroatoms. The lowest BCUT2D eigenvalue weighted by atomic mass is 10.3. The highest BCUT2D eigenvalue weighted by Gasteiger charge is 2.10. The smallest absolute Gasteiger partial charge is 0.270 e. The molecule has 0 fully saturated rings. The van der Waals surface area contributed by atoms with Gasteiger partial charge in [-0.1, -0.05) is 17.7 Å². The molecule has 2 rings (SSSR count). The van der Waals surface area contributed by atoms with Crippen LogP contribution in [-0.2, 0) is 0 Å². The van der Waals surface area contributed by atoms with Gasteiger partial charge in [0.1, 0.15) is 5.69 Å². The second-order valence-electron chi connectivity index (χ2n) is 5.41. The number of nitrogens with zero attached hydrogens (tertiary/aromatic N) is 3. The molecule has 1 heterocycles. The Morgan fingerprint density at radius 3 is 2.74 bits per heavy atom. The van der Waals surface area contributed by atoms with Gasteiger partial charge in [-0.15, -0.1) is 0 Å². The first-order valence-electron chi connectivity index (χ1n) is 7.25. The number of likely N-dealkylation sites (N-methyl/N-ethyl adjacent to an activating group) is 1. The van der Waals surface area contributed by atoms with Crippen LogP contribution in [0, 0.1) is 6.92 Å². The van der Waals surface area contributed by atoms with Crippen molar-refractivity contribution in [1.29, 1.82) is 0 Å². The number of hydrogen-bond donors (Lipinski definition) is 2. The average molecular weight is 334 g/mol. The number of nitrogens with one attached hydrogen (secondary N) is 2. The van der Waals surface area contributed by atoms with Crippen molar-refractivity contribution in [2.75, 3.05) is 32.5 Å². The van der Waals surface area contributed by atoms with Gasteiger partial charge in [0.15, 0.2) is 0 Å². The van der Waals surface area contributed by atoms with Crippen LogP contribution in [0.4, 0.5) is 11.6 Å². The maximum absolute atomic E-state index is 12.2. The molecule has 1 aromatic carbocycles. The summed E-state index contributed by atoms with van der Waals surface area (Å²) in [6.45, 7) is 3.15. The van der Waals surface area contributed by atoms with E-state index in [0.717, 1.165) is 12.2 Å². The molecule has 0 unspecified atom stereocenters. The molecule has 0 aliphatic rings. The fourth-order valence-electron chi connectivity index (χ4n) is 1.92. The summed E-state index contributed by atoms with van der Waals surface area (Å²) < 4.78 is 0. The molecule has 1 amide bonds. The monoisotopic (exact) mass is 333 g/mol. The highest BCUT2D eigenvalue weighted by molar-refractivity contribution is 6.30. The van der Waals surface area contributed by atoms with Gasteiger partial charge in [-0.25, -0.2) is 9.97 Å². The summed E-state index contributed by atoms with van der Waals surface area (Å²) in [6.07, 6.45) is 0. The molecule has 0 aliphatic carbocycles. The van der Waals surface area contributed by atoms with E-state index in [1.807, 2.05) is 38.1 Å². The molecule has 0 bridgehead atoms. The lowest BCUT2D eigenvalue weighted by Gasteiger charge is -2.11. The highest BCUT2D eigenvalue weighted by atomic mass is 35.5. The minimum atomic E-state index is -0.216. The van der Waals surface area contributed by atoms with E-state index in [1.165, 1.54) is 0 Å². The summed E-state index contributed by atoms with van der Waals surface area (Å²) in [7, 11) is 3.90. The molecule has 122 valence electrons. The van der Waals surface area contributed by atoms with Crippen LogP contribution in [0.2, 0.25) is 5.02 Å². The van der Waals surface area contributed by atoms with E-state index in [1.54, 1.807) is 18.2 Å². The van der Waals surface area contributed by atoms with Crippen LogP contribution >= 0.6 is 11.6 Å². The number of rotatable bonds is 6. The van der Waals surface area contributed by atoms with Crippen molar-refractivity contribution >= 4 is 29.1 Å². The molecule has 23 heavy (non-hydrogen) atoms. The third kappa shape index (κ3) is 5.50. The van der Waals surface area contributed by atoms with E-state index in [4.69, 9.17) is 11.6 Å². The summed E-state index contributed by atoms with van der Waals surface area (Å²) in [5, 5.41) is 6.51. The van der Waals surface area contributed by atoms with Crippen LogP contribution in [-0.4, -0.2) is 48.0 Å². The number of amides is 1. The molecule has 0 saturated carbocycles. The second-order valence-corrected chi connectivity index (χ2v) is 5.85. The van der Waals surface area contributed by atoms with Gasteiger partial charge in [-0.05, 0) is 45.3 Å². The largest absolute Gasteiger partial charge is 0.349 e.